The van der Waals surface area contributed by atoms with E-state index in [1.165, 1.54) is 47.5 Å². The number of anilines is 2. The number of likely N-dealkylation sites (tertiary alicyclic amines) is 1. The van der Waals surface area contributed by atoms with Crippen LogP contribution in [0.15, 0.2) is 42.5 Å². The van der Waals surface area contributed by atoms with Crippen molar-refractivity contribution in [3.05, 3.63) is 59.4 Å². The fourth-order valence-electron chi connectivity index (χ4n) is 4.47. The molecule has 0 radical (unpaired) electrons. The van der Waals surface area contributed by atoms with E-state index in [2.05, 4.69) is 45.7 Å². The Bertz CT molecular complexity index is 941. The van der Waals surface area contributed by atoms with Crippen molar-refractivity contribution < 1.29 is 14.0 Å². The van der Waals surface area contributed by atoms with E-state index in [-0.39, 0.29) is 6.04 Å². The van der Waals surface area contributed by atoms with Crippen molar-refractivity contribution in [2.75, 3.05) is 43.4 Å². The fourth-order valence-corrected chi connectivity index (χ4v) is 4.47. The van der Waals surface area contributed by atoms with Crippen LogP contribution in [0, 0.1) is 5.82 Å². The normalized spacial score (nSPS) is 17.2. The van der Waals surface area contributed by atoms with Gasteiger partial charge in [0.25, 0.3) is 0 Å². The third-order valence-electron chi connectivity index (χ3n) is 6.21. The minimum Gasteiger partial charge on any atom is -0.374 e. The van der Waals surface area contributed by atoms with Crippen molar-refractivity contribution >= 4 is 23.2 Å². The number of piperidine rings is 1. The molecule has 0 aromatic heterocycles. The molecule has 2 aromatic rings. The summed E-state index contributed by atoms with van der Waals surface area (Å²) in [5.74, 6) is -1.83. The average molecular weight is 425 g/mol. The van der Waals surface area contributed by atoms with Crippen molar-refractivity contribution in [3.63, 3.8) is 0 Å². The highest BCUT2D eigenvalue weighted by Crippen LogP contribution is 2.32. The Morgan fingerprint density at radius 2 is 1.74 bits per heavy atom. The molecule has 0 saturated carbocycles. The molecular weight excluding hydrogens is 395 g/mol. The van der Waals surface area contributed by atoms with Gasteiger partial charge < -0.3 is 15.5 Å². The smallest absolute Gasteiger partial charge is 0.313 e. The van der Waals surface area contributed by atoms with Gasteiger partial charge in [-0.25, -0.2) is 4.39 Å². The molecule has 1 atom stereocenters. The highest BCUT2D eigenvalue weighted by atomic mass is 19.1. The molecule has 2 heterocycles. The SMILES string of the molecule is CN1CCc2cc(C(CNC(=O)C(=O)Nc3ccc(F)cc3)N3CCCCC3)ccc21. The van der Waals surface area contributed by atoms with Crippen LogP contribution in [0.3, 0.4) is 0 Å². The Morgan fingerprint density at radius 3 is 2.48 bits per heavy atom. The molecule has 31 heavy (non-hydrogen) atoms. The van der Waals surface area contributed by atoms with Gasteiger partial charge in [-0.05, 0) is 73.8 Å². The molecule has 0 bridgehead atoms. The lowest BCUT2D eigenvalue weighted by atomic mass is 9.98. The molecule has 7 heteroatoms. The lowest BCUT2D eigenvalue weighted by Crippen LogP contribution is -2.43. The number of fused-ring (bicyclic) bond motifs is 1. The minimum absolute atomic E-state index is 0.0269. The first kappa shape index (κ1) is 21.3. The Kier molecular flexibility index (Phi) is 6.51. The van der Waals surface area contributed by atoms with Crippen LogP contribution >= 0.6 is 0 Å². The van der Waals surface area contributed by atoms with Gasteiger partial charge in [-0.1, -0.05) is 18.6 Å². The maximum absolute atomic E-state index is 13.0. The molecule has 2 amide bonds. The van der Waals surface area contributed by atoms with E-state index in [9.17, 15) is 14.0 Å². The minimum atomic E-state index is -0.750. The molecule has 164 valence electrons. The largest absolute Gasteiger partial charge is 0.374 e. The third kappa shape index (κ3) is 5.05. The van der Waals surface area contributed by atoms with Gasteiger partial charge >= 0.3 is 11.8 Å². The number of likely N-dealkylation sites (N-methyl/N-ethyl adjacent to an activating group) is 1. The summed E-state index contributed by atoms with van der Waals surface area (Å²) in [6.07, 6.45) is 4.54. The van der Waals surface area contributed by atoms with Crippen molar-refractivity contribution in [1.29, 1.82) is 0 Å². The summed E-state index contributed by atoms with van der Waals surface area (Å²) in [6, 6.07) is 11.9. The lowest BCUT2D eigenvalue weighted by molar-refractivity contribution is -0.136. The van der Waals surface area contributed by atoms with Crippen molar-refractivity contribution in [3.8, 4) is 0 Å². The molecule has 1 fully saturated rings. The van der Waals surface area contributed by atoms with E-state index in [1.54, 1.807) is 0 Å². The van der Waals surface area contributed by atoms with E-state index in [4.69, 9.17) is 0 Å². The number of halogens is 1. The number of rotatable bonds is 5. The number of hydrogen-bond donors (Lipinski definition) is 2. The predicted molar refractivity (Wildman–Crippen MR) is 120 cm³/mol. The first-order chi connectivity index (χ1) is 15.0. The van der Waals surface area contributed by atoms with Crippen LogP contribution in [-0.2, 0) is 16.0 Å². The monoisotopic (exact) mass is 424 g/mol. The molecule has 2 aromatic carbocycles. The zero-order chi connectivity index (χ0) is 21.8. The maximum Gasteiger partial charge on any atom is 0.313 e. The van der Waals surface area contributed by atoms with E-state index in [0.717, 1.165) is 38.9 Å². The topological polar surface area (TPSA) is 64.7 Å². The predicted octanol–water partition coefficient (Wildman–Crippen LogP) is 3.10. The van der Waals surface area contributed by atoms with Gasteiger partial charge in [0, 0.05) is 31.5 Å². The molecular formula is C24H29FN4O2. The van der Waals surface area contributed by atoms with Gasteiger partial charge in [-0.2, -0.15) is 0 Å². The first-order valence-corrected chi connectivity index (χ1v) is 10.9. The fraction of sp³-hybridized carbons (Fsp3) is 0.417. The summed E-state index contributed by atoms with van der Waals surface area (Å²) in [7, 11) is 2.10. The number of amides is 2. The highest BCUT2D eigenvalue weighted by molar-refractivity contribution is 6.39. The molecule has 0 aliphatic carbocycles. The van der Waals surface area contributed by atoms with Crippen LogP contribution < -0.4 is 15.5 Å². The Labute approximate surface area is 182 Å². The standard InChI is InChI=1S/C24H29FN4O2/c1-28-14-11-18-15-17(5-10-21(18)28)22(29-12-3-2-4-13-29)16-26-23(30)24(31)27-20-8-6-19(25)7-9-20/h5-10,15,22H,2-4,11-14,16H2,1H3,(H,26,30)(H,27,31). The number of carbonyl (C=O) groups excluding carboxylic acids is 2. The third-order valence-corrected chi connectivity index (χ3v) is 6.21. The van der Waals surface area contributed by atoms with Crippen molar-refractivity contribution in [2.45, 2.75) is 31.7 Å². The second-order valence-electron chi connectivity index (χ2n) is 8.34. The van der Waals surface area contributed by atoms with Crippen LogP contribution in [0.5, 0.6) is 0 Å². The van der Waals surface area contributed by atoms with Crippen LogP contribution in [0.1, 0.15) is 36.4 Å². The quantitative estimate of drug-likeness (QED) is 0.724. The Balaban J connectivity index is 1.44. The van der Waals surface area contributed by atoms with Crippen LogP contribution in [0.4, 0.5) is 15.8 Å². The van der Waals surface area contributed by atoms with Gasteiger partial charge in [0.05, 0.1) is 6.04 Å². The second-order valence-corrected chi connectivity index (χ2v) is 8.34. The summed E-state index contributed by atoms with van der Waals surface area (Å²) in [6.45, 7) is 3.36. The van der Waals surface area contributed by atoms with Gasteiger partial charge in [-0.3, -0.25) is 14.5 Å². The summed E-state index contributed by atoms with van der Waals surface area (Å²) in [4.78, 5) is 29.4. The zero-order valence-corrected chi connectivity index (χ0v) is 17.9. The second kappa shape index (κ2) is 9.47. The molecule has 2 aliphatic rings. The van der Waals surface area contributed by atoms with E-state index < -0.39 is 17.6 Å². The summed E-state index contributed by atoms with van der Waals surface area (Å²) in [5.41, 5.74) is 4.17. The lowest BCUT2D eigenvalue weighted by Gasteiger charge is -2.35. The average Bonchev–Trinajstić information content (AvgIpc) is 3.16. The van der Waals surface area contributed by atoms with Crippen LogP contribution in [0.2, 0.25) is 0 Å². The molecule has 6 nitrogen and oxygen atoms in total. The summed E-state index contributed by atoms with van der Waals surface area (Å²) in [5, 5.41) is 5.32. The molecule has 2 aliphatic heterocycles. The molecule has 2 N–H and O–H groups in total. The van der Waals surface area contributed by atoms with Gasteiger partial charge in [0.1, 0.15) is 5.82 Å². The van der Waals surface area contributed by atoms with Crippen LogP contribution in [0.25, 0.3) is 0 Å². The number of nitrogens with one attached hydrogen (secondary N) is 2. The number of benzene rings is 2. The van der Waals surface area contributed by atoms with Crippen molar-refractivity contribution in [2.24, 2.45) is 0 Å². The zero-order valence-electron chi connectivity index (χ0n) is 17.9. The number of nitrogens with zero attached hydrogens (tertiary/aromatic N) is 2. The van der Waals surface area contributed by atoms with Crippen LogP contribution in [-0.4, -0.2) is 49.9 Å². The maximum atomic E-state index is 13.0. The number of carbonyl (C=O) groups is 2. The first-order valence-electron chi connectivity index (χ1n) is 10.9. The number of hydrogen-bond acceptors (Lipinski definition) is 4. The van der Waals surface area contributed by atoms with Gasteiger partial charge in [0.15, 0.2) is 0 Å². The molecule has 1 unspecified atom stereocenters. The van der Waals surface area contributed by atoms with E-state index in [0.29, 0.717) is 12.2 Å². The van der Waals surface area contributed by atoms with Gasteiger partial charge in [0.2, 0.25) is 0 Å². The van der Waals surface area contributed by atoms with Crippen molar-refractivity contribution in [1.82, 2.24) is 10.2 Å². The van der Waals surface area contributed by atoms with E-state index >= 15 is 0 Å². The summed E-state index contributed by atoms with van der Waals surface area (Å²) >= 11 is 0. The molecule has 1 saturated heterocycles. The highest BCUT2D eigenvalue weighted by Gasteiger charge is 2.26. The Morgan fingerprint density at radius 1 is 1.00 bits per heavy atom. The summed E-state index contributed by atoms with van der Waals surface area (Å²) < 4.78 is 13.0. The molecule has 4 rings (SSSR count). The van der Waals surface area contributed by atoms with Gasteiger partial charge in [-0.15, -0.1) is 0 Å². The van der Waals surface area contributed by atoms with E-state index in [1.807, 2.05) is 0 Å². The Hall–Kier alpha value is -2.93. The molecule has 0 spiro atoms.